The fraction of sp³-hybridized carbons (Fsp3) is 0.625. The number of aryl methyl sites for hydroxylation is 2. The molecule has 1 aromatic rings. The van der Waals surface area contributed by atoms with E-state index >= 15 is 0 Å². The van der Waals surface area contributed by atoms with Gasteiger partial charge in [0.25, 0.3) is 0 Å². The van der Waals surface area contributed by atoms with Crippen molar-refractivity contribution in [1.29, 1.82) is 0 Å². The summed E-state index contributed by atoms with van der Waals surface area (Å²) in [6.07, 6.45) is 2.44. The lowest BCUT2D eigenvalue weighted by atomic mass is 9.87. The Morgan fingerprint density at radius 1 is 1.12 bits per heavy atom. The van der Waals surface area contributed by atoms with Gasteiger partial charge in [-0.2, -0.15) is 0 Å². The molecular formula is C16H27N. The average Bonchev–Trinajstić information content (AvgIpc) is 2.29. The molecule has 1 heteroatoms. The summed E-state index contributed by atoms with van der Waals surface area (Å²) in [4.78, 5) is 0. The van der Waals surface area contributed by atoms with Crippen LogP contribution in [0.15, 0.2) is 18.2 Å². The van der Waals surface area contributed by atoms with Crippen LogP contribution in [0, 0.1) is 19.8 Å². The SMILES string of the molecule is CCNC(C)C(CC)Cc1c(C)cccc1C. The lowest BCUT2D eigenvalue weighted by molar-refractivity contribution is 0.367. The molecule has 0 amide bonds. The molecular weight excluding hydrogens is 206 g/mol. The second-order valence-electron chi connectivity index (χ2n) is 5.09. The van der Waals surface area contributed by atoms with Crippen LogP contribution in [-0.2, 0) is 6.42 Å². The van der Waals surface area contributed by atoms with E-state index in [9.17, 15) is 0 Å². The summed E-state index contributed by atoms with van der Waals surface area (Å²) in [5.41, 5.74) is 4.42. The third-order valence-corrected chi connectivity index (χ3v) is 3.87. The van der Waals surface area contributed by atoms with Crippen LogP contribution in [0.4, 0.5) is 0 Å². The summed E-state index contributed by atoms with van der Waals surface area (Å²) in [5, 5.41) is 3.56. The third kappa shape index (κ3) is 3.85. The fourth-order valence-corrected chi connectivity index (χ4v) is 2.60. The van der Waals surface area contributed by atoms with E-state index in [1.165, 1.54) is 24.0 Å². The van der Waals surface area contributed by atoms with Crippen molar-refractivity contribution in [3.8, 4) is 0 Å². The molecule has 0 saturated carbocycles. The minimum Gasteiger partial charge on any atom is -0.314 e. The molecule has 0 fully saturated rings. The van der Waals surface area contributed by atoms with Gasteiger partial charge in [0.05, 0.1) is 0 Å². The number of hydrogen-bond donors (Lipinski definition) is 1. The van der Waals surface area contributed by atoms with E-state index in [2.05, 4.69) is 58.1 Å². The molecule has 1 rings (SSSR count). The second-order valence-corrected chi connectivity index (χ2v) is 5.09. The van der Waals surface area contributed by atoms with E-state index in [0.29, 0.717) is 6.04 Å². The first-order valence-electron chi connectivity index (χ1n) is 6.88. The highest BCUT2D eigenvalue weighted by Gasteiger charge is 2.16. The molecule has 0 aliphatic rings. The van der Waals surface area contributed by atoms with Crippen LogP contribution in [0.5, 0.6) is 0 Å². The monoisotopic (exact) mass is 233 g/mol. The molecule has 0 aliphatic heterocycles. The van der Waals surface area contributed by atoms with Crippen molar-refractivity contribution in [2.45, 2.75) is 53.5 Å². The maximum Gasteiger partial charge on any atom is 0.00699 e. The molecule has 0 aliphatic carbocycles. The first kappa shape index (κ1) is 14.2. The normalized spacial score (nSPS) is 14.6. The Morgan fingerprint density at radius 3 is 2.18 bits per heavy atom. The average molecular weight is 233 g/mol. The molecule has 0 radical (unpaired) electrons. The number of nitrogens with one attached hydrogen (secondary N) is 1. The van der Waals surface area contributed by atoms with Crippen LogP contribution in [-0.4, -0.2) is 12.6 Å². The summed E-state index contributed by atoms with van der Waals surface area (Å²) in [5.74, 6) is 0.731. The third-order valence-electron chi connectivity index (χ3n) is 3.87. The topological polar surface area (TPSA) is 12.0 Å². The zero-order valence-electron chi connectivity index (χ0n) is 12.0. The Labute approximate surface area is 107 Å². The van der Waals surface area contributed by atoms with Gasteiger partial charge in [-0.25, -0.2) is 0 Å². The first-order chi connectivity index (χ1) is 8.10. The summed E-state index contributed by atoms with van der Waals surface area (Å²) >= 11 is 0. The first-order valence-corrected chi connectivity index (χ1v) is 6.88. The van der Waals surface area contributed by atoms with E-state index in [4.69, 9.17) is 0 Å². The van der Waals surface area contributed by atoms with Crippen molar-refractivity contribution in [2.75, 3.05) is 6.54 Å². The quantitative estimate of drug-likeness (QED) is 0.786. The molecule has 2 atom stereocenters. The lowest BCUT2D eigenvalue weighted by Gasteiger charge is -2.25. The molecule has 2 unspecified atom stereocenters. The molecule has 96 valence electrons. The highest BCUT2D eigenvalue weighted by atomic mass is 14.9. The van der Waals surface area contributed by atoms with Gasteiger partial charge in [-0.15, -0.1) is 0 Å². The summed E-state index contributed by atoms with van der Waals surface area (Å²) < 4.78 is 0. The molecule has 17 heavy (non-hydrogen) atoms. The van der Waals surface area contributed by atoms with E-state index in [0.717, 1.165) is 12.5 Å². The number of hydrogen-bond acceptors (Lipinski definition) is 1. The van der Waals surface area contributed by atoms with Gasteiger partial charge in [0, 0.05) is 6.04 Å². The van der Waals surface area contributed by atoms with E-state index in [1.807, 2.05) is 0 Å². The summed E-state index contributed by atoms with van der Waals surface area (Å²) in [6, 6.07) is 7.21. The van der Waals surface area contributed by atoms with Crippen LogP contribution < -0.4 is 5.32 Å². The van der Waals surface area contributed by atoms with E-state index in [1.54, 1.807) is 5.56 Å². The highest BCUT2D eigenvalue weighted by molar-refractivity contribution is 5.33. The van der Waals surface area contributed by atoms with Crippen LogP contribution >= 0.6 is 0 Å². The summed E-state index contributed by atoms with van der Waals surface area (Å²) in [6.45, 7) is 12.3. The molecule has 0 aromatic heterocycles. The molecule has 0 heterocycles. The molecule has 0 saturated heterocycles. The number of benzene rings is 1. The Balaban J connectivity index is 2.80. The zero-order valence-corrected chi connectivity index (χ0v) is 12.0. The predicted octanol–water partition coefficient (Wildman–Crippen LogP) is 3.87. The van der Waals surface area contributed by atoms with Crippen molar-refractivity contribution in [3.63, 3.8) is 0 Å². The molecule has 1 N–H and O–H groups in total. The van der Waals surface area contributed by atoms with Crippen LogP contribution in [0.1, 0.15) is 43.9 Å². The Hall–Kier alpha value is -0.820. The van der Waals surface area contributed by atoms with E-state index < -0.39 is 0 Å². The maximum atomic E-state index is 3.56. The molecule has 1 nitrogen and oxygen atoms in total. The fourth-order valence-electron chi connectivity index (χ4n) is 2.60. The van der Waals surface area contributed by atoms with Crippen molar-refractivity contribution in [1.82, 2.24) is 5.32 Å². The van der Waals surface area contributed by atoms with Crippen molar-refractivity contribution < 1.29 is 0 Å². The van der Waals surface area contributed by atoms with Crippen molar-refractivity contribution in [3.05, 3.63) is 34.9 Å². The molecule has 0 spiro atoms. The number of rotatable bonds is 6. The van der Waals surface area contributed by atoms with Crippen LogP contribution in [0.3, 0.4) is 0 Å². The standard InChI is InChI=1S/C16H27N/c1-6-15(14(5)17-7-2)11-16-12(3)9-8-10-13(16)4/h8-10,14-15,17H,6-7,11H2,1-5H3. The minimum atomic E-state index is 0.601. The maximum absolute atomic E-state index is 3.56. The van der Waals surface area contributed by atoms with Gasteiger partial charge in [0.15, 0.2) is 0 Å². The summed E-state index contributed by atoms with van der Waals surface area (Å²) in [7, 11) is 0. The van der Waals surface area contributed by atoms with Gasteiger partial charge in [-0.05, 0) is 56.3 Å². The van der Waals surface area contributed by atoms with Gasteiger partial charge in [0.1, 0.15) is 0 Å². The molecule has 0 bridgehead atoms. The van der Waals surface area contributed by atoms with Gasteiger partial charge in [0.2, 0.25) is 0 Å². The Morgan fingerprint density at radius 2 is 1.71 bits per heavy atom. The van der Waals surface area contributed by atoms with Gasteiger partial charge in [-0.1, -0.05) is 38.5 Å². The Kier molecular flexibility index (Phi) is 5.70. The van der Waals surface area contributed by atoms with Crippen molar-refractivity contribution in [2.24, 2.45) is 5.92 Å². The predicted molar refractivity (Wildman–Crippen MR) is 76.5 cm³/mol. The smallest absolute Gasteiger partial charge is 0.00699 e. The van der Waals surface area contributed by atoms with Crippen LogP contribution in [0.2, 0.25) is 0 Å². The second kappa shape index (κ2) is 6.80. The Bertz CT molecular complexity index is 323. The zero-order chi connectivity index (χ0) is 12.8. The van der Waals surface area contributed by atoms with Gasteiger partial charge < -0.3 is 5.32 Å². The van der Waals surface area contributed by atoms with Gasteiger partial charge >= 0.3 is 0 Å². The van der Waals surface area contributed by atoms with Crippen LogP contribution in [0.25, 0.3) is 0 Å². The van der Waals surface area contributed by atoms with Gasteiger partial charge in [-0.3, -0.25) is 0 Å². The highest BCUT2D eigenvalue weighted by Crippen LogP contribution is 2.21. The molecule has 1 aromatic carbocycles. The largest absolute Gasteiger partial charge is 0.314 e. The minimum absolute atomic E-state index is 0.601. The van der Waals surface area contributed by atoms with Crippen molar-refractivity contribution >= 4 is 0 Å². The van der Waals surface area contributed by atoms with E-state index in [-0.39, 0.29) is 0 Å². The lowest BCUT2D eigenvalue weighted by Crippen LogP contribution is -2.34.